The van der Waals surface area contributed by atoms with Gasteiger partial charge < -0.3 is 10.0 Å². The quantitative estimate of drug-likeness (QED) is 0.504. The number of hydrogen-bond donors (Lipinski definition) is 2. The lowest BCUT2D eigenvalue weighted by Crippen LogP contribution is -2.33. The van der Waals surface area contributed by atoms with E-state index in [1.165, 1.54) is 12.5 Å². The molecule has 0 unspecified atom stereocenters. The van der Waals surface area contributed by atoms with Gasteiger partial charge in [-0.05, 0) is 0 Å². The Morgan fingerprint density at radius 1 is 1.50 bits per heavy atom. The van der Waals surface area contributed by atoms with Gasteiger partial charge in [-0.25, -0.2) is 9.97 Å². The molecule has 1 heterocycles. The van der Waals surface area contributed by atoms with Crippen molar-refractivity contribution in [3.05, 3.63) is 17.5 Å². The second-order valence-corrected chi connectivity index (χ2v) is 2.04. The van der Waals surface area contributed by atoms with Crippen molar-refractivity contribution in [1.82, 2.24) is 9.97 Å². The van der Waals surface area contributed by atoms with Gasteiger partial charge in [0.2, 0.25) is 0 Å². The summed E-state index contributed by atoms with van der Waals surface area (Å²) in [7, 11) is -1.63. The zero-order chi connectivity index (χ0) is 7.56. The summed E-state index contributed by atoms with van der Waals surface area (Å²) < 4.78 is 0. The Morgan fingerprint density at radius 3 is 2.60 bits per heavy atom. The van der Waals surface area contributed by atoms with Crippen LogP contribution < -0.4 is 5.59 Å². The first-order valence-corrected chi connectivity index (χ1v) is 2.91. The number of nitrogens with zero attached hydrogens (tertiary/aromatic N) is 2. The SMILES string of the molecule is OB(O)c1ncncc1Cl. The minimum Gasteiger partial charge on any atom is -0.422 e. The van der Waals surface area contributed by atoms with Gasteiger partial charge in [0.25, 0.3) is 0 Å². The molecule has 0 aliphatic carbocycles. The zero-order valence-corrected chi connectivity index (χ0v) is 5.65. The Kier molecular flexibility index (Phi) is 2.21. The van der Waals surface area contributed by atoms with Crippen molar-refractivity contribution >= 4 is 24.3 Å². The second kappa shape index (κ2) is 2.96. The highest BCUT2D eigenvalue weighted by Gasteiger charge is 2.15. The molecule has 0 aliphatic heterocycles. The van der Waals surface area contributed by atoms with Crippen molar-refractivity contribution in [1.29, 1.82) is 0 Å². The van der Waals surface area contributed by atoms with E-state index in [0.717, 1.165) is 0 Å². The molecule has 0 radical (unpaired) electrons. The van der Waals surface area contributed by atoms with Gasteiger partial charge in [-0.2, -0.15) is 0 Å². The van der Waals surface area contributed by atoms with Gasteiger partial charge in [-0.1, -0.05) is 11.6 Å². The molecular weight excluding hydrogens is 154 g/mol. The van der Waals surface area contributed by atoms with Crippen molar-refractivity contribution in [2.45, 2.75) is 0 Å². The summed E-state index contributed by atoms with van der Waals surface area (Å²) in [5, 5.41) is 17.3. The fourth-order valence-electron chi connectivity index (χ4n) is 0.512. The van der Waals surface area contributed by atoms with Crippen LogP contribution in [0.5, 0.6) is 0 Å². The number of halogens is 1. The maximum absolute atomic E-state index is 8.59. The Balaban J connectivity index is 3.03. The molecule has 1 rings (SSSR count). The summed E-state index contributed by atoms with van der Waals surface area (Å²) in [5.41, 5.74) is 0.0247. The lowest BCUT2D eigenvalue weighted by atomic mass is 9.86. The predicted molar refractivity (Wildman–Crippen MR) is 36.9 cm³/mol. The molecule has 0 fully saturated rings. The maximum atomic E-state index is 8.59. The molecule has 0 aliphatic rings. The maximum Gasteiger partial charge on any atom is 0.509 e. The van der Waals surface area contributed by atoms with Crippen molar-refractivity contribution in [2.24, 2.45) is 0 Å². The molecule has 2 N–H and O–H groups in total. The van der Waals surface area contributed by atoms with Crippen molar-refractivity contribution in [3.8, 4) is 0 Å². The summed E-state index contributed by atoms with van der Waals surface area (Å²) in [6.07, 6.45) is 2.49. The molecule has 10 heavy (non-hydrogen) atoms. The van der Waals surface area contributed by atoms with Gasteiger partial charge in [-0.15, -0.1) is 0 Å². The molecule has 0 saturated carbocycles. The first-order valence-electron chi connectivity index (χ1n) is 2.53. The Bertz CT molecular complexity index is 232. The number of aromatic nitrogens is 2. The normalized spacial score (nSPS) is 9.50. The summed E-state index contributed by atoms with van der Waals surface area (Å²) in [4.78, 5) is 7.10. The Labute approximate surface area is 62.7 Å². The van der Waals surface area contributed by atoms with E-state index in [9.17, 15) is 0 Å². The monoisotopic (exact) mass is 158 g/mol. The van der Waals surface area contributed by atoms with E-state index in [-0.39, 0.29) is 10.6 Å². The number of rotatable bonds is 1. The average Bonchev–Trinajstić information content (AvgIpc) is 1.88. The van der Waals surface area contributed by atoms with E-state index in [1.54, 1.807) is 0 Å². The number of hydrogen-bond acceptors (Lipinski definition) is 4. The van der Waals surface area contributed by atoms with E-state index in [1.807, 2.05) is 0 Å². The van der Waals surface area contributed by atoms with Crippen LogP contribution in [0.25, 0.3) is 0 Å². The third-order valence-electron chi connectivity index (χ3n) is 0.941. The van der Waals surface area contributed by atoms with Gasteiger partial charge in [0.05, 0.1) is 10.6 Å². The summed E-state index contributed by atoms with van der Waals surface area (Å²) >= 11 is 5.47. The van der Waals surface area contributed by atoms with E-state index < -0.39 is 7.12 Å². The highest BCUT2D eigenvalue weighted by molar-refractivity contribution is 6.61. The van der Waals surface area contributed by atoms with Gasteiger partial charge in [0.15, 0.2) is 0 Å². The van der Waals surface area contributed by atoms with Crippen LogP contribution in [0.2, 0.25) is 5.02 Å². The molecule has 0 bridgehead atoms. The van der Waals surface area contributed by atoms with Gasteiger partial charge >= 0.3 is 7.12 Å². The molecule has 0 atom stereocenters. The highest BCUT2D eigenvalue weighted by atomic mass is 35.5. The van der Waals surface area contributed by atoms with Crippen LogP contribution in [0, 0.1) is 0 Å². The largest absolute Gasteiger partial charge is 0.509 e. The molecule has 0 saturated heterocycles. The standard InChI is InChI=1S/C4H4BClN2O2/c6-3-1-7-2-8-4(3)5(9)10/h1-2,9-10H. The van der Waals surface area contributed by atoms with E-state index in [0.29, 0.717) is 0 Å². The minimum absolute atomic E-state index is 0.0247. The van der Waals surface area contributed by atoms with Crippen LogP contribution >= 0.6 is 11.6 Å². The van der Waals surface area contributed by atoms with Gasteiger partial charge in [0, 0.05) is 6.20 Å². The van der Waals surface area contributed by atoms with Crippen LogP contribution in [0.15, 0.2) is 12.5 Å². The van der Waals surface area contributed by atoms with Gasteiger partial charge in [-0.3, -0.25) is 0 Å². The molecule has 4 nitrogen and oxygen atoms in total. The second-order valence-electron chi connectivity index (χ2n) is 1.63. The van der Waals surface area contributed by atoms with Crippen LogP contribution in [0.3, 0.4) is 0 Å². The first kappa shape index (κ1) is 7.46. The third-order valence-corrected chi connectivity index (χ3v) is 1.23. The Hall–Kier alpha value is -0.645. The van der Waals surface area contributed by atoms with E-state index in [4.69, 9.17) is 21.6 Å². The molecule has 1 aromatic rings. The molecular formula is C4H4BClN2O2. The van der Waals surface area contributed by atoms with Crippen molar-refractivity contribution < 1.29 is 10.0 Å². The third kappa shape index (κ3) is 1.44. The smallest absolute Gasteiger partial charge is 0.422 e. The molecule has 0 aromatic carbocycles. The van der Waals surface area contributed by atoms with Gasteiger partial charge in [0.1, 0.15) is 6.33 Å². The summed E-state index contributed by atoms with van der Waals surface area (Å²) in [6, 6.07) is 0. The lowest BCUT2D eigenvalue weighted by molar-refractivity contribution is 0.424. The van der Waals surface area contributed by atoms with Crippen LogP contribution in [-0.2, 0) is 0 Å². The predicted octanol–water partition coefficient (Wildman–Crippen LogP) is -1.19. The fourth-order valence-corrected chi connectivity index (χ4v) is 0.715. The molecule has 0 amide bonds. The highest BCUT2D eigenvalue weighted by Crippen LogP contribution is 1.98. The minimum atomic E-state index is -1.63. The van der Waals surface area contributed by atoms with E-state index >= 15 is 0 Å². The molecule has 52 valence electrons. The average molecular weight is 158 g/mol. The first-order chi connectivity index (χ1) is 4.72. The van der Waals surface area contributed by atoms with Crippen LogP contribution in [0.4, 0.5) is 0 Å². The van der Waals surface area contributed by atoms with Crippen LogP contribution in [0.1, 0.15) is 0 Å². The topological polar surface area (TPSA) is 66.2 Å². The van der Waals surface area contributed by atoms with Crippen molar-refractivity contribution in [2.75, 3.05) is 0 Å². The van der Waals surface area contributed by atoms with Crippen molar-refractivity contribution in [3.63, 3.8) is 0 Å². The van der Waals surface area contributed by atoms with E-state index in [2.05, 4.69) is 9.97 Å². The Morgan fingerprint density at radius 2 is 2.20 bits per heavy atom. The fraction of sp³-hybridized carbons (Fsp3) is 0. The van der Waals surface area contributed by atoms with Crippen LogP contribution in [-0.4, -0.2) is 27.1 Å². The zero-order valence-electron chi connectivity index (χ0n) is 4.90. The summed E-state index contributed by atoms with van der Waals surface area (Å²) in [6.45, 7) is 0. The molecule has 0 spiro atoms. The lowest BCUT2D eigenvalue weighted by Gasteiger charge is -1.97. The molecule has 1 aromatic heterocycles. The summed E-state index contributed by atoms with van der Waals surface area (Å²) in [5.74, 6) is 0. The molecule has 6 heteroatoms.